The molecule has 0 spiro atoms. The fourth-order valence-electron chi connectivity index (χ4n) is 1.25. The minimum atomic E-state index is -0.841. The van der Waals surface area contributed by atoms with Crippen LogP contribution in [0.15, 0.2) is 23.8 Å². The third-order valence-corrected chi connectivity index (χ3v) is 2.16. The summed E-state index contributed by atoms with van der Waals surface area (Å²) in [4.78, 5) is 10.4. The second kappa shape index (κ2) is 4.82. The molecule has 0 aromatic heterocycles. The van der Waals surface area contributed by atoms with Crippen molar-refractivity contribution in [1.29, 1.82) is 0 Å². The number of carbonyl (C=O) groups is 1. The van der Waals surface area contributed by atoms with E-state index in [1.807, 2.05) is 0 Å². The van der Waals surface area contributed by atoms with E-state index in [4.69, 9.17) is 5.11 Å². The first-order chi connectivity index (χ1) is 6.20. The molecule has 3 heteroatoms. The highest BCUT2D eigenvalue weighted by atomic mass is 16.4. The monoisotopic (exact) mass is 181 g/mol. The van der Waals surface area contributed by atoms with Gasteiger partial charge < -0.3 is 10.4 Å². The molecule has 72 valence electrons. The molecular formula is C10H15NO2. The van der Waals surface area contributed by atoms with Gasteiger partial charge in [-0.15, -0.1) is 0 Å². The number of hydrogen-bond acceptors (Lipinski definition) is 2. The second-order valence-corrected chi connectivity index (χ2v) is 3.24. The summed E-state index contributed by atoms with van der Waals surface area (Å²) in [5, 5.41) is 11.8. The first-order valence-corrected chi connectivity index (χ1v) is 4.48. The highest BCUT2D eigenvalue weighted by Crippen LogP contribution is 2.08. The summed E-state index contributed by atoms with van der Waals surface area (Å²) in [6.45, 7) is 2.25. The predicted molar refractivity (Wildman–Crippen MR) is 51.6 cm³/mol. The van der Waals surface area contributed by atoms with E-state index < -0.39 is 5.97 Å². The molecule has 0 radical (unpaired) electrons. The van der Waals surface area contributed by atoms with Crippen molar-refractivity contribution in [3.05, 3.63) is 23.8 Å². The Labute approximate surface area is 78.1 Å². The van der Waals surface area contributed by atoms with Gasteiger partial charge in [0.05, 0.1) is 0 Å². The number of aliphatic carboxylic acids is 1. The van der Waals surface area contributed by atoms with E-state index in [1.54, 1.807) is 13.0 Å². The summed E-state index contributed by atoms with van der Waals surface area (Å²) < 4.78 is 0. The van der Waals surface area contributed by atoms with Crippen LogP contribution < -0.4 is 5.32 Å². The molecule has 0 atom stereocenters. The van der Waals surface area contributed by atoms with Crippen molar-refractivity contribution in [3.8, 4) is 0 Å². The largest absolute Gasteiger partial charge is 0.478 e. The average molecular weight is 181 g/mol. The molecule has 3 nitrogen and oxygen atoms in total. The number of carboxylic acids is 1. The van der Waals surface area contributed by atoms with Crippen LogP contribution >= 0.6 is 0 Å². The van der Waals surface area contributed by atoms with Crippen molar-refractivity contribution in [2.24, 2.45) is 0 Å². The van der Waals surface area contributed by atoms with E-state index in [1.165, 1.54) is 0 Å². The van der Waals surface area contributed by atoms with Gasteiger partial charge in [-0.05, 0) is 19.8 Å². The number of hydrogen-bond donors (Lipinski definition) is 2. The van der Waals surface area contributed by atoms with Gasteiger partial charge in [-0.2, -0.15) is 0 Å². The van der Waals surface area contributed by atoms with E-state index in [0.717, 1.165) is 12.8 Å². The third kappa shape index (κ3) is 3.42. The quantitative estimate of drug-likeness (QED) is 0.508. The smallest absolute Gasteiger partial charge is 0.330 e. The zero-order chi connectivity index (χ0) is 9.68. The Balaban J connectivity index is 2.19. The number of carboxylic acid groups (broad SMARTS) is 1. The standard InChI is InChI=1S/C10H15NO2/c1-8(10(12)13)6-7-11-9-4-2-3-5-9/h2-3,6,9,11H,4-5,7H2,1H3,(H,12,13)/b8-6-. The zero-order valence-corrected chi connectivity index (χ0v) is 7.79. The Hall–Kier alpha value is -1.09. The van der Waals surface area contributed by atoms with Gasteiger partial charge in [0.2, 0.25) is 0 Å². The maximum Gasteiger partial charge on any atom is 0.330 e. The highest BCUT2D eigenvalue weighted by Gasteiger charge is 2.07. The average Bonchev–Trinajstić information content (AvgIpc) is 2.56. The van der Waals surface area contributed by atoms with Gasteiger partial charge in [-0.1, -0.05) is 18.2 Å². The molecule has 0 aromatic carbocycles. The topological polar surface area (TPSA) is 49.3 Å². The summed E-state index contributed by atoms with van der Waals surface area (Å²) in [5.74, 6) is -0.841. The van der Waals surface area contributed by atoms with Crippen LogP contribution in [-0.2, 0) is 4.79 Å². The normalized spacial score (nSPS) is 18.1. The van der Waals surface area contributed by atoms with E-state index in [0.29, 0.717) is 18.2 Å². The summed E-state index contributed by atoms with van der Waals surface area (Å²) in [6.07, 6.45) is 8.11. The van der Waals surface area contributed by atoms with Crippen molar-refractivity contribution in [2.75, 3.05) is 6.54 Å². The summed E-state index contributed by atoms with van der Waals surface area (Å²) in [6, 6.07) is 0.498. The minimum Gasteiger partial charge on any atom is -0.478 e. The Morgan fingerprint density at radius 2 is 2.23 bits per heavy atom. The van der Waals surface area contributed by atoms with Crippen molar-refractivity contribution in [1.82, 2.24) is 5.32 Å². The minimum absolute atomic E-state index is 0.401. The molecular weight excluding hydrogens is 166 g/mol. The summed E-state index contributed by atoms with van der Waals surface area (Å²) >= 11 is 0. The van der Waals surface area contributed by atoms with E-state index >= 15 is 0 Å². The SMILES string of the molecule is C/C(=C/CNC1CC=CC1)C(=O)O. The maximum absolute atomic E-state index is 10.4. The molecule has 13 heavy (non-hydrogen) atoms. The molecule has 1 rings (SSSR count). The molecule has 0 fully saturated rings. The molecule has 2 N–H and O–H groups in total. The van der Waals surface area contributed by atoms with E-state index in [-0.39, 0.29) is 0 Å². The highest BCUT2D eigenvalue weighted by molar-refractivity contribution is 5.85. The Kier molecular flexibility index (Phi) is 3.71. The van der Waals surface area contributed by atoms with Crippen LogP contribution in [0.4, 0.5) is 0 Å². The van der Waals surface area contributed by atoms with Gasteiger partial charge in [-0.3, -0.25) is 0 Å². The van der Waals surface area contributed by atoms with Gasteiger partial charge in [-0.25, -0.2) is 4.79 Å². The molecule has 0 aliphatic heterocycles. The van der Waals surface area contributed by atoms with Crippen molar-refractivity contribution in [2.45, 2.75) is 25.8 Å². The van der Waals surface area contributed by atoms with Gasteiger partial charge in [0.25, 0.3) is 0 Å². The number of rotatable bonds is 4. The van der Waals surface area contributed by atoms with Gasteiger partial charge in [0.15, 0.2) is 0 Å². The van der Waals surface area contributed by atoms with Crippen molar-refractivity contribution < 1.29 is 9.90 Å². The molecule has 0 unspecified atom stereocenters. The Morgan fingerprint density at radius 1 is 1.62 bits per heavy atom. The zero-order valence-electron chi connectivity index (χ0n) is 7.79. The van der Waals surface area contributed by atoms with Crippen LogP contribution in [0.2, 0.25) is 0 Å². The van der Waals surface area contributed by atoms with Crippen LogP contribution in [0.5, 0.6) is 0 Å². The van der Waals surface area contributed by atoms with Gasteiger partial charge in [0, 0.05) is 18.2 Å². The van der Waals surface area contributed by atoms with Crippen molar-refractivity contribution in [3.63, 3.8) is 0 Å². The molecule has 0 aromatic rings. The Morgan fingerprint density at radius 3 is 2.77 bits per heavy atom. The van der Waals surface area contributed by atoms with Crippen LogP contribution in [-0.4, -0.2) is 23.7 Å². The number of nitrogens with one attached hydrogen (secondary N) is 1. The molecule has 0 heterocycles. The lowest BCUT2D eigenvalue weighted by atomic mass is 10.2. The first kappa shape index (κ1) is 9.99. The van der Waals surface area contributed by atoms with E-state index in [9.17, 15) is 4.79 Å². The van der Waals surface area contributed by atoms with Gasteiger partial charge in [0.1, 0.15) is 0 Å². The van der Waals surface area contributed by atoms with Crippen LogP contribution in [0.1, 0.15) is 19.8 Å². The van der Waals surface area contributed by atoms with E-state index in [2.05, 4.69) is 17.5 Å². The fourth-order valence-corrected chi connectivity index (χ4v) is 1.25. The van der Waals surface area contributed by atoms with Gasteiger partial charge >= 0.3 is 5.97 Å². The molecule has 0 saturated carbocycles. The third-order valence-electron chi connectivity index (χ3n) is 2.16. The molecule has 0 saturated heterocycles. The summed E-state index contributed by atoms with van der Waals surface area (Å²) in [7, 11) is 0. The van der Waals surface area contributed by atoms with Crippen LogP contribution in [0.3, 0.4) is 0 Å². The van der Waals surface area contributed by atoms with Crippen LogP contribution in [0, 0.1) is 0 Å². The lowest BCUT2D eigenvalue weighted by Crippen LogP contribution is -2.26. The molecule has 0 bridgehead atoms. The predicted octanol–water partition coefficient (Wildman–Crippen LogP) is 1.33. The lowest BCUT2D eigenvalue weighted by molar-refractivity contribution is -0.132. The molecule has 1 aliphatic carbocycles. The van der Waals surface area contributed by atoms with Crippen LogP contribution in [0.25, 0.3) is 0 Å². The first-order valence-electron chi connectivity index (χ1n) is 4.48. The fraction of sp³-hybridized carbons (Fsp3) is 0.500. The Bertz CT molecular complexity index is 235. The molecule has 1 aliphatic rings. The molecule has 0 amide bonds. The lowest BCUT2D eigenvalue weighted by Gasteiger charge is -2.09. The summed E-state index contributed by atoms with van der Waals surface area (Å²) in [5.41, 5.74) is 0.401. The maximum atomic E-state index is 10.4. The second-order valence-electron chi connectivity index (χ2n) is 3.24. The van der Waals surface area contributed by atoms with Crippen molar-refractivity contribution >= 4 is 5.97 Å².